The number of carboxylic acid groups (broad SMARTS) is 2. The lowest BCUT2D eigenvalue weighted by molar-refractivity contribution is -0.138. The summed E-state index contributed by atoms with van der Waals surface area (Å²) < 4.78 is 11.8. The van der Waals surface area contributed by atoms with Crippen LogP contribution in [0.4, 0.5) is 0 Å². The van der Waals surface area contributed by atoms with Crippen LogP contribution < -0.4 is 4.74 Å². The average molecular weight is 529 g/mol. The van der Waals surface area contributed by atoms with Crippen molar-refractivity contribution in [2.24, 2.45) is 0 Å². The van der Waals surface area contributed by atoms with Crippen LogP contribution in [0.1, 0.15) is 74.7 Å². The van der Waals surface area contributed by atoms with Crippen LogP contribution in [0.2, 0.25) is 0 Å². The van der Waals surface area contributed by atoms with E-state index in [0.29, 0.717) is 49.4 Å². The minimum Gasteiger partial charge on any atom is -0.507 e. The SMILES string of the molecule is CCCc1c(OCCCCSCC2COC(CCC(=O)O)(CCC(=O)O)S2)ccc(C(C)=O)c1O. The van der Waals surface area contributed by atoms with E-state index >= 15 is 0 Å². The lowest BCUT2D eigenvalue weighted by Crippen LogP contribution is -2.26. The van der Waals surface area contributed by atoms with Crippen molar-refractivity contribution in [3.8, 4) is 11.5 Å². The standard InChI is InChI=1S/C25H36O8S2/c1-3-6-20-21(8-7-19(17(2)26)24(20)31)32-13-4-5-14-34-16-18-15-33-25(35-18,11-9-22(27)28)12-10-23(29)30/h7-8,18,31H,3-6,9-16H2,1-2H3,(H,27,28)(H,29,30). The maximum absolute atomic E-state index is 11.7. The molecule has 35 heavy (non-hydrogen) atoms. The molecule has 0 aliphatic carbocycles. The number of hydrogen-bond acceptors (Lipinski definition) is 8. The lowest BCUT2D eigenvalue weighted by atomic mass is 10.0. The summed E-state index contributed by atoms with van der Waals surface area (Å²) in [6.45, 7) is 4.47. The van der Waals surface area contributed by atoms with Crippen LogP contribution in [-0.4, -0.2) is 67.9 Å². The van der Waals surface area contributed by atoms with Crippen molar-refractivity contribution in [1.29, 1.82) is 0 Å². The molecule has 3 N–H and O–H groups in total. The van der Waals surface area contributed by atoms with Crippen LogP contribution in [0.3, 0.4) is 0 Å². The van der Waals surface area contributed by atoms with E-state index in [2.05, 4.69) is 0 Å². The number of carbonyl (C=O) groups excluding carboxylic acids is 1. The van der Waals surface area contributed by atoms with Gasteiger partial charge in [-0.25, -0.2) is 0 Å². The van der Waals surface area contributed by atoms with Gasteiger partial charge in [0.1, 0.15) is 16.4 Å². The quantitative estimate of drug-likeness (QED) is 0.188. The smallest absolute Gasteiger partial charge is 0.303 e. The molecule has 1 atom stereocenters. The first-order valence-electron chi connectivity index (χ1n) is 12.0. The molecule has 0 amide bonds. The number of carbonyl (C=O) groups is 3. The van der Waals surface area contributed by atoms with E-state index in [9.17, 15) is 19.5 Å². The van der Waals surface area contributed by atoms with Crippen LogP contribution in [0.15, 0.2) is 12.1 Å². The largest absolute Gasteiger partial charge is 0.507 e. The second kappa shape index (κ2) is 14.6. The Kier molecular flexibility index (Phi) is 12.2. The van der Waals surface area contributed by atoms with E-state index in [1.54, 1.807) is 35.7 Å². The monoisotopic (exact) mass is 528 g/mol. The third-order valence-corrected chi connectivity index (χ3v) is 8.73. The van der Waals surface area contributed by atoms with Crippen molar-refractivity contribution in [2.75, 3.05) is 24.7 Å². The number of unbranched alkanes of at least 4 members (excludes halogenated alkanes) is 1. The molecule has 1 fully saturated rings. The van der Waals surface area contributed by atoms with E-state index in [4.69, 9.17) is 19.7 Å². The maximum atomic E-state index is 11.7. The summed E-state index contributed by atoms with van der Waals surface area (Å²) >= 11 is 3.37. The van der Waals surface area contributed by atoms with Gasteiger partial charge >= 0.3 is 11.9 Å². The summed E-state index contributed by atoms with van der Waals surface area (Å²) in [5.41, 5.74) is 1.00. The number of carboxylic acids is 2. The first kappa shape index (κ1) is 29.3. The van der Waals surface area contributed by atoms with Gasteiger partial charge in [-0.3, -0.25) is 14.4 Å². The van der Waals surface area contributed by atoms with Crippen molar-refractivity contribution in [3.63, 3.8) is 0 Å². The molecule has 1 aromatic rings. The fourth-order valence-electron chi connectivity index (χ4n) is 3.91. The Morgan fingerprint density at radius 1 is 1.17 bits per heavy atom. The van der Waals surface area contributed by atoms with Crippen molar-refractivity contribution in [3.05, 3.63) is 23.3 Å². The van der Waals surface area contributed by atoms with Crippen LogP contribution in [0.25, 0.3) is 0 Å². The molecule has 0 radical (unpaired) electrons. The Bertz CT molecular complexity index is 855. The van der Waals surface area contributed by atoms with Gasteiger partial charge in [-0.2, -0.15) is 11.8 Å². The number of aliphatic carboxylic acids is 2. The third kappa shape index (κ3) is 9.57. The minimum absolute atomic E-state index is 0.0199. The fourth-order valence-corrected chi connectivity index (χ4v) is 6.73. The maximum Gasteiger partial charge on any atom is 0.303 e. The molecule has 1 saturated heterocycles. The number of ether oxygens (including phenoxy) is 2. The average Bonchev–Trinajstić information content (AvgIpc) is 3.21. The van der Waals surface area contributed by atoms with Gasteiger partial charge in [0.25, 0.3) is 0 Å². The zero-order chi connectivity index (χ0) is 25.8. The number of aromatic hydroxyl groups is 1. The van der Waals surface area contributed by atoms with Gasteiger partial charge in [-0.15, -0.1) is 11.8 Å². The third-order valence-electron chi connectivity index (χ3n) is 5.72. The molecule has 10 heteroatoms. The number of rotatable bonds is 17. The van der Waals surface area contributed by atoms with Gasteiger partial charge in [0.15, 0.2) is 5.78 Å². The molecule has 1 aromatic carbocycles. The van der Waals surface area contributed by atoms with E-state index in [-0.39, 0.29) is 29.6 Å². The van der Waals surface area contributed by atoms with Gasteiger partial charge in [-0.05, 0) is 56.9 Å². The van der Waals surface area contributed by atoms with Crippen molar-refractivity contribution in [2.45, 2.75) is 75.4 Å². The van der Waals surface area contributed by atoms with Crippen LogP contribution in [-0.2, 0) is 20.7 Å². The zero-order valence-electron chi connectivity index (χ0n) is 20.4. The molecular formula is C25H36O8S2. The van der Waals surface area contributed by atoms with Gasteiger partial charge < -0.3 is 24.8 Å². The summed E-state index contributed by atoms with van der Waals surface area (Å²) in [6.07, 6.45) is 3.81. The first-order valence-corrected chi connectivity index (χ1v) is 14.0. The number of ketones is 1. The normalized spacial score (nSPS) is 16.8. The molecule has 1 aliphatic rings. The Morgan fingerprint density at radius 3 is 2.46 bits per heavy atom. The molecule has 196 valence electrons. The Balaban J connectivity index is 1.72. The fraction of sp³-hybridized carbons (Fsp3) is 0.640. The second-order valence-electron chi connectivity index (χ2n) is 8.62. The summed E-state index contributed by atoms with van der Waals surface area (Å²) in [7, 11) is 0. The van der Waals surface area contributed by atoms with Gasteiger partial charge in [0.05, 0.1) is 18.8 Å². The zero-order valence-corrected chi connectivity index (χ0v) is 22.0. The molecular weight excluding hydrogens is 492 g/mol. The van der Waals surface area contributed by atoms with E-state index < -0.39 is 16.9 Å². The van der Waals surface area contributed by atoms with Crippen molar-refractivity contribution in [1.82, 2.24) is 0 Å². The molecule has 0 aromatic heterocycles. The predicted octanol–water partition coefficient (Wildman–Crippen LogP) is 5.00. The number of phenols is 1. The molecule has 1 unspecified atom stereocenters. The number of benzene rings is 1. The summed E-state index contributed by atoms with van der Waals surface area (Å²) in [6, 6.07) is 3.37. The highest BCUT2D eigenvalue weighted by Crippen LogP contribution is 2.45. The number of hydrogen-bond donors (Lipinski definition) is 3. The number of thioether (sulfide) groups is 2. The molecule has 0 saturated carbocycles. The summed E-state index contributed by atoms with van der Waals surface area (Å²) in [4.78, 5) is 32.9. The molecule has 0 spiro atoms. The second-order valence-corrected chi connectivity index (χ2v) is 11.4. The first-order chi connectivity index (χ1) is 16.7. The van der Waals surface area contributed by atoms with Crippen molar-refractivity contribution >= 4 is 41.2 Å². The summed E-state index contributed by atoms with van der Waals surface area (Å²) in [5, 5.41) is 28.7. The molecule has 1 heterocycles. The molecule has 8 nitrogen and oxygen atoms in total. The minimum atomic E-state index is -0.907. The Morgan fingerprint density at radius 2 is 1.86 bits per heavy atom. The van der Waals surface area contributed by atoms with Crippen LogP contribution in [0, 0.1) is 0 Å². The topological polar surface area (TPSA) is 130 Å². The van der Waals surface area contributed by atoms with E-state index in [0.717, 1.165) is 30.8 Å². The highest BCUT2D eigenvalue weighted by Gasteiger charge is 2.41. The lowest BCUT2D eigenvalue weighted by Gasteiger charge is -2.26. The number of phenolic OH excluding ortho intramolecular Hbond substituents is 1. The molecule has 2 rings (SSSR count). The molecule has 0 bridgehead atoms. The Hall–Kier alpha value is -1.91. The van der Waals surface area contributed by atoms with E-state index in [1.807, 2.05) is 6.92 Å². The highest BCUT2D eigenvalue weighted by atomic mass is 32.2. The van der Waals surface area contributed by atoms with Crippen LogP contribution in [0.5, 0.6) is 11.5 Å². The van der Waals surface area contributed by atoms with E-state index in [1.165, 1.54) is 6.92 Å². The summed E-state index contributed by atoms with van der Waals surface area (Å²) in [5.74, 6) is 0.455. The highest BCUT2D eigenvalue weighted by molar-refractivity contribution is 8.04. The molecule has 1 aliphatic heterocycles. The van der Waals surface area contributed by atoms with Gasteiger partial charge in [0, 0.05) is 29.4 Å². The van der Waals surface area contributed by atoms with Gasteiger partial charge in [0.2, 0.25) is 0 Å². The Labute approximate surface area is 215 Å². The number of Topliss-reactive ketones (excluding diaryl/α,β-unsaturated/α-hetero) is 1. The van der Waals surface area contributed by atoms with Crippen molar-refractivity contribution < 1.29 is 39.2 Å². The predicted molar refractivity (Wildman–Crippen MR) is 138 cm³/mol. The van der Waals surface area contributed by atoms with Gasteiger partial charge in [-0.1, -0.05) is 13.3 Å². The van der Waals surface area contributed by atoms with Crippen LogP contribution >= 0.6 is 23.5 Å².